The number of carboxylic acid groups (broad SMARTS) is 2. The molecule has 0 fully saturated rings. The topological polar surface area (TPSA) is 80.3 Å². The third-order valence-electron chi connectivity index (χ3n) is 2.42. The number of carbonyl (C=O) groups is 2. The first-order valence-corrected chi connectivity index (χ1v) is 5.08. The Hall–Kier alpha value is 0.860. The molecular weight excluding hydrogens is 258 g/mol. The van der Waals surface area contributed by atoms with Crippen LogP contribution in [-0.2, 0) is 9.59 Å². The number of rotatable bonds is 7. The van der Waals surface area contributed by atoms with Crippen molar-refractivity contribution in [3.05, 3.63) is 0 Å². The molecule has 0 N–H and O–H groups in total. The first-order chi connectivity index (χ1) is 7.04. The minimum absolute atomic E-state index is 0. The molecule has 0 amide bonds. The number of quaternary nitrogens is 2. The van der Waals surface area contributed by atoms with E-state index in [-0.39, 0.29) is 81.2 Å². The van der Waals surface area contributed by atoms with Crippen molar-refractivity contribution >= 4 is 11.9 Å². The van der Waals surface area contributed by atoms with Crippen LogP contribution in [0.1, 0.15) is 0 Å². The van der Waals surface area contributed by atoms with E-state index in [1.54, 1.807) is 28.2 Å². The molecule has 0 aliphatic heterocycles. The Morgan fingerprint density at radius 3 is 1.17 bits per heavy atom. The predicted octanol–water partition coefficient (Wildman–Crippen LogP) is -9.35. The Morgan fingerprint density at radius 1 is 0.778 bits per heavy atom. The van der Waals surface area contributed by atoms with E-state index in [0.29, 0.717) is 13.1 Å². The van der Waals surface area contributed by atoms with Gasteiger partial charge in [0, 0.05) is 0 Å². The van der Waals surface area contributed by atoms with Crippen molar-refractivity contribution in [3.8, 4) is 0 Å². The summed E-state index contributed by atoms with van der Waals surface area (Å²) in [4.78, 5) is 21.0. The van der Waals surface area contributed by atoms with Crippen molar-refractivity contribution in [1.29, 1.82) is 0 Å². The number of carbonyl (C=O) groups excluding carboxylic acids is 2. The van der Waals surface area contributed by atoms with Gasteiger partial charge in [0.15, 0.2) is 0 Å². The van der Waals surface area contributed by atoms with E-state index in [2.05, 4.69) is 0 Å². The van der Waals surface area contributed by atoms with Gasteiger partial charge in [-0.1, -0.05) is 0 Å². The number of carboxylic acids is 2. The minimum atomic E-state index is -1.10. The largest absolute Gasteiger partial charge is 1.00 e. The van der Waals surface area contributed by atoms with Crippen molar-refractivity contribution in [3.63, 3.8) is 0 Å². The van der Waals surface area contributed by atoms with E-state index in [4.69, 9.17) is 0 Å². The smallest absolute Gasteiger partial charge is 0.544 e. The van der Waals surface area contributed by atoms with Crippen LogP contribution in [0.4, 0.5) is 0 Å². The van der Waals surface area contributed by atoms with Crippen LogP contribution in [0.15, 0.2) is 0 Å². The van der Waals surface area contributed by atoms with Gasteiger partial charge in [0.1, 0.15) is 26.2 Å². The summed E-state index contributed by atoms with van der Waals surface area (Å²) in [5.74, 6) is -2.20. The number of aliphatic carboxylic acids is 2. The van der Waals surface area contributed by atoms with Crippen LogP contribution in [0.2, 0.25) is 0 Å². The molecule has 0 spiro atoms. The van der Waals surface area contributed by atoms with Gasteiger partial charge < -0.3 is 28.8 Å². The Bertz CT molecular complexity index is 255. The Balaban J connectivity index is -0.00000112. The fraction of sp³-hybridized carbons (Fsp3) is 0.800. The summed E-state index contributed by atoms with van der Waals surface area (Å²) < 4.78 is 0.550. The van der Waals surface area contributed by atoms with Crippen molar-refractivity contribution in [2.45, 2.75) is 0 Å². The molecule has 0 atom stereocenters. The van der Waals surface area contributed by atoms with Gasteiger partial charge in [-0.05, 0) is 0 Å². The van der Waals surface area contributed by atoms with Crippen LogP contribution >= 0.6 is 0 Å². The average molecular weight is 278 g/mol. The summed E-state index contributed by atoms with van der Waals surface area (Å²) in [5.41, 5.74) is 0. The molecule has 0 saturated carbocycles. The molecule has 0 radical (unpaired) electrons. The molecule has 0 aliphatic rings. The molecule has 0 aromatic heterocycles. The third kappa shape index (κ3) is 13.3. The van der Waals surface area contributed by atoms with Gasteiger partial charge in [-0.3, -0.25) is 0 Å². The maximum Gasteiger partial charge on any atom is 1.00 e. The Labute approximate surface area is 153 Å². The van der Waals surface area contributed by atoms with E-state index >= 15 is 0 Å². The number of hydrogen-bond acceptors (Lipinski definition) is 4. The van der Waals surface area contributed by atoms with Gasteiger partial charge in [0.25, 0.3) is 0 Å². The molecule has 0 bridgehead atoms. The second-order valence-corrected chi connectivity index (χ2v) is 5.38. The fourth-order valence-corrected chi connectivity index (χ4v) is 1.40. The molecule has 6 nitrogen and oxygen atoms in total. The van der Waals surface area contributed by atoms with Gasteiger partial charge in [-0.15, -0.1) is 0 Å². The van der Waals surface area contributed by atoms with Crippen LogP contribution in [0.25, 0.3) is 0 Å². The zero-order valence-electron chi connectivity index (χ0n) is 12.4. The molecule has 0 aromatic carbocycles. The zero-order valence-corrected chi connectivity index (χ0v) is 16.4. The molecular formula is C10H20N2Na2O4+2. The minimum Gasteiger partial charge on any atom is -0.544 e. The SMILES string of the molecule is C[N+](C)(CC[N+](C)(C)CC(=O)[O-])CC(=O)[O-].[Na+].[Na+]. The van der Waals surface area contributed by atoms with Crippen LogP contribution < -0.4 is 69.3 Å². The maximum atomic E-state index is 10.5. The second-order valence-electron chi connectivity index (χ2n) is 5.38. The van der Waals surface area contributed by atoms with Gasteiger partial charge >= 0.3 is 59.1 Å². The van der Waals surface area contributed by atoms with E-state index in [1.807, 2.05) is 0 Å². The summed E-state index contributed by atoms with van der Waals surface area (Å²) in [5, 5.41) is 21.0. The summed E-state index contributed by atoms with van der Waals surface area (Å²) in [6.45, 7) is 0.971. The summed E-state index contributed by atoms with van der Waals surface area (Å²) in [6, 6.07) is 0. The van der Waals surface area contributed by atoms with Crippen molar-refractivity contribution in [2.75, 3.05) is 54.4 Å². The van der Waals surface area contributed by atoms with Gasteiger partial charge in [-0.25, -0.2) is 0 Å². The predicted molar refractivity (Wildman–Crippen MR) is 53.7 cm³/mol. The normalized spacial score (nSPS) is 11.1. The van der Waals surface area contributed by atoms with Crippen LogP contribution in [-0.4, -0.2) is 75.3 Å². The molecule has 0 aliphatic carbocycles. The molecule has 8 heteroatoms. The Kier molecular flexibility index (Phi) is 12.9. The summed E-state index contributed by atoms with van der Waals surface area (Å²) in [6.07, 6.45) is 0. The first kappa shape index (κ1) is 23.9. The molecule has 94 valence electrons. The zero-order chi connectivity index (χ0) is 13.0. The fourth-order valence-electron chi connectivity index (χ4n) is 1.40. The van der Waals surface area contributed by atoms with Crippen LogP contribution in [0.5, 0.6) is 0 Å². The average Bonchev–Trinajstić information content (AvgIpc) is 1.96. The van der Waals surface area contributed by atoms with Crippen LogP contribution in [0.3, 0.4) is 0 Å². The maximum absolute atomic E-state index is 10.5. The monoisotopic (exact) mass is 278 g/mol. The van der Waals surface area contributed by atoms with E-state index < -0.39 is 11.9 Å². The van der Waals surface area contributed by atoms with E-state index in [9.17, 15) is 19.8 Å². The van der Waals surface area contributed by atoms with E-state index in [0.717, 1.165) is 0 Å². The third-order valence-corrected chi connectivity index (χ3v) is 2.42. The quantitative estimate of drug-likeness (QED) is 0.342. The molecule has 18 heavy (non-hydrogen) atoms. The van der Waals surface area contributed by atoms with Gasteiger partial charge in [0.05, 0.1) is 40.1 Å². The molecule has 0 rings (SSSR count). The van der Waals surface area contributed by atoms with Crippen molar-refractivity contribution < 1.29 is 87.9 Å². The Morgan fingerprint density at radius 2 is 1.00 bits per heavy atom. The molecule has 0 aromatic rings. The van der Waals surface area contributed by atoms with E-state index in [1.165, 1.54) is 0 Å². The van der Waals surface area contributed by atoms with Crippen molar-refractivity contribution in [1.82, 2.24) is 0 Å². The molecule has 0 saturated heterocycles. The number of hydrogen-bond donors (Lipinski definition) is 0. The standard InChI is InChI=1S/C10H20N2O4.2Na/c1-11(2,7-9(13)14)5-6-12(3,4)8-10(15)16;;/h5-8H2,1-4H3;;/q;2*+1. The second kappa shape index (κ2) is 9.72. The van der Waals surface area contributed by atoms with Crippen molar-refractivity contribution in [2.24, 2.45) is 0 Å². The number of nitrogens with zero attached hydrogens (tertiary/aromatic N) is 2. The van der Waals surface area contributed by atoms with Gasteiger partial charge in [0.2, 0.25) is 0 Å². The molecule has 0 unspecified atom stereocenters. The number of likely N-dealkylation sites (N-methyl/N-ethyl adjacent to an activating group) is 2. The first-order valence-electron chi connectivity index (χ1n) is 5.08. The van der Waals surface area contributed by atoms with Gasteiger partial charge in [-0.2, -0.15) is 0 Å². The summed E-state index contributed by atoms with van der Waals surface area (Å²) in [7, 11) is 7.09. The molecule has 0 heterocycles. The van der Waals surface area contributed by atoms with Crippen LogP contribution in [0, 0.1) is 0 Å². The summed E-state index contributed by atoms with van der Waals surface area (Å²) >= 11 is 0.